The molecule has 0 aromatic heterocycles. The number of ether oxygens (including phenoxy) is 1. The fraction of sp³-hybridized carbons (Fsp3) is 0.286. The smallest absolute Gasteiger partial charge is 0.303 e. The van der Waals surface area contributed by atoms with E-state index in [1.54, 1.807) is 32.0 Å². The lowest BCUT2D eigenvalue weighted by Gasteiger charge is -2.17. The Bertz CT molecular complexity index is 1260. The highest BCUT2D eigenvalue weighted by Gasteiger charge is 2.17. The van der Waals surface area contributed by atoms with Crippen LogP contribution in [0, 0.1) is 12.7 Å². The minimum atomic E-state index is -2.63. The molecule has 3 aromatic rings. The minimum Gasteiger partial charge on any atom is -0.481 e. The zero-order valence-corrected chi connectivity index (χ0v) is 20.3. The highest BCUT2D eigenvalue weighted by atomic mass is 19.3. The van der Waals surface area contributed by atoms with Gasteiger partial charge < -0.3 is 15.2 Å². The number of amides is 1. The second-order valence-electron chi connectivity index (χ2n) is 8.57. The Balaban J connectivity index is 1.76. The van der Waals surface area contributed by atoms with Crippen molar-refractivity contribution in [1.82, 2.24) is 5.32 Å². The Labute approximate surface area is 207 Å². The first-order chi connectivity index (χ1) is 17.1. The monoisotopic (exact) mass is 499 g/mol. The summed E-state index contributed by atoms with van der Waals surface area (Å²) in [6, 6.07) is 12.7. The van der Waals surface area contributed by atoms with Gasteiger partial charge in [0.1, 0.15) is 17.3 Å². The van der Waals surface area contributed by atoms with Crippen LogP contribution in [-0.4, -0.2) is 17.0 Å². The molecule has 0 aliphatic carbocycles. The molecule has 0 spiro atoms. The Morgan fingerprint density at radius 2 is 1.72 bits per heavy atom. The van der Waals surface area contributed by atoms with E-state index in [9.17, 15) is 22.8 Å². The number of hydrogen-bond acceptors (Lipinski definition) is 3. The maximum atomic E-state index is 14.4. The largest absolute Gasteiger partial charge is 0.481 e. The zero-order valence-electron chi connectivity index (χ0n) is 20.3. The number of carboxylic acid groups (broad SMARTS) is 1. The van der Waals surface area contributed by atoms with Gasteiger partial charge in [0.05, 0.1) is 6.04 Å². The number of carbonyl (C=O) groups is 2. The standard InChI is InChI=1S/C28H28F3NO4/c1-4-18-13-23(8-5-19(18)7-10-26(33)34)36-24-14-21(12-22(29)15-24)17(3)32-28(35)25-9-6-20(27(30)31)11-16(25)2/h5-6,8-9,11-15,17,27H,4,7,10H2,1-3H3,(H,32,35)(H,33,34). The number of halogens is 3. The van der Waals surface area contributed by atoms with E-state index in [4.69, 9.17) is 9.84 Å². The van der Waals surface area contributed by atoms with E-state index in [1.807, 2.05) is 13.0 Å². The van der Waals surface area contributed by atoms with E-state index in [-0.39, 0.29) is 23.3 Å². The molecule has 36 heavy (non-hydrogen) atoms. The highest BCUT2D eigenvalue weighted by molar-refractivity contribution is 5.95. The molecule has 0 fully saturated rings. The van der Waals surface area contributed by atoms with Crippen molar-refractivity contribution < 1.29 is 32.6 Å². The Hall–Kier alpha value is -3.81. The molecular formula is C28H28F3NO4. The predicted molar refractivity (Wildman–Crippen MR) is 130 cm³/mol. The van der Waals surface area contributed by atoms with E-state index in [0.717, 1.165) is 11.1 Å². The second kappa shape index (κ2) is 11.7. The van der Waals surface area contributed by atoms with Gasteiger partial charge in [0.15, 0.2) is 0 Å². The van der Waals surface area contributed by atoms with Crippen molar-refractivity contribution in [2.75, 3.05) is 0 Å². The fourth-order valence-corrected chi connectivity index (χ4v) is 3.94. The van der Waals surface area contributed by atoms with Crippen molar-refractivity contribution in [2.24, 2.45) is 0 Å². The van der Waals surface area contributed by atoms with E-state index >= 15 is 0 Å². The number of carbonyl (C=O) groups excluding carboxylic acids is 1. The van der Waals surface area contributed by atoms with Gasteiger partial charge in [0, 0.05) is 23.6 Å². The molecule has 3 aromatic carbocycles. The van der Waals surface area contributed by atoms with Gasteiger partial charge in [0.2, 0.25) is 0 Å². The van der Waals surface area contributed by atoms with Crippen molar-refractivity contribution >= 4 is 11.9 Å². The third-order valence-electron chi connectivity index (χ3n) is 5.89. The molecule has 0 saturated heterocycles. The van der Waals surface area contributed by atoms with Crippen molar-refractivity contribution in [3.63, 3.8) is 0 Å². The minimum absolute atomic E-state index is 0.0277. The number of aryl methyl sites for hydroxylation is 3. The Morgan fingerprint density at radius 3 is 2.36 bits per heavy atom. The van der Waals surface area contributed by atoms with Crippen LogP contribution < -0.4 is 10.1 Å². The Morgan fingerprint density at radius 1 is 0.972 bits per heavy atom. The molecule has 0 heterocycles. The van der Waals surface area contributed by atoms with Gasteiger partial charge in [-0.3, -0.25) is 9.59 Å². The quantitative estimate of drug-likeness (QED) is 0.317. The second-order valence-corrected chi connectivity index (χ2v) is 8.57. The number of benzene rings is 3. The summed E-state index contributed by atoms with van der Waals surface area (Å²) < 4.78 is 46.1. The molecule has 0 bridgehead atoms. The average Bonchev–Trinajstić information content (AvgIpc) is 2.82. The average molecular weight is 500 g/mol. The molecule has 1 unspecified atom stereocenters. The topological polar surface area (TPSA) is 75.6 Å². The Kier molecular flexibility index (Phi) is 8.74. The van der Waals surface area contributed by atoms with Crippen LogP contribution in [-0.2, 0) is 17.6 Å². The molecule has 2 N–H and O–H groups in total. The molecule has 8 heteroatoms. The van der Waals surface area contributed by atoms with Gasteiger partial charge in [0.25, 0.3) is 12.3 Å². The molecule has 1 amide bonds. The maximum Gasteiger partial charge on any atom is 0.303 e. The van der Waals surface area contributed by atoms with E-state index in [0.29, 0.717) is 29.7 Å². The normalized spacial score (nSPS) is 11.9. The number of hydrogen-bond donors (Lipinski definition) is 2. The highest BCUT2D eigenvalue weighted by Crippen LogP contribution is 2.29. The van der Waals surface area contributed by atoms with Gasteiger partial charge in [-0.15, -0.1) is 0 Å². The fourth-order valence-electron chi connectivity index (χ4n) is 3.94. The summed E-state index contributed by atoms with van der Waals surface area (Å²) in [6.07, 6.45) is -1.51. The molecule has 190 valence electrons. The lowest BCUT2D eigenvalue weighted by Crippen LogP contribution is -2.27. The zero-order chi connectivity index (χ0) is 26.4. The summed E-state index contributed by atoms with van der Waals surface area (Å²) in [5.74, 6) is -1.16. The van der Waals surface area contributed by atoms with Crippen LogP contribution in [0.25, 0.3) is 0 Å². The van der Waals surface area contributed by atoms with Crippen LogP contribution in [0.1, 0.15) is 70.9 Å². The van der Waals surface area contributed by atoms with Gasteiger partial charge in [-0.05, 0) is 85.3 Å². The molecule has 0 aliphatic heterocycles. The molecule has 1 atom stereocenters. The van der Waals surface area contributed by atoms with E-state index in [2.05, 4.69) is 5.32 Å². The molecular weight excluding hydrogens is 471 g/mol. The lowest BCUT2D eigenvalue weighted by molar-refractivity contribution is -0.136. The van der Waals surface area contributed by atoms with Crippen LogP contribution in [0.2, 0.25) is 0 Å². The summed E-state index contributed by atoms with van der Waals surface area (Å²) in [5, 5.41) is 11.7. The van der Waals surface area contributed by atoms with Crippen LogP contribution >= 0.6 is 0 Å². The first-order valence-electron chi connectivity index (χ1n) is 11.6. The van der Waals surface area contributed by atoms with Gasteiger partial charge in [-0.25, -0.2) is 13.2 Å². The summed E-state index contributed by atoms with van der Waals surface area (Å²) >= 11 is 0. The summed E-state index contributed by atoms with van der Waals surface area (Å²) in [6.45, 7) is 5.22. The molecule has 0 saturated carbocycles. The molecule has 0 radical (unpaired) electrons. The number of aliphatic carboxylic acids is 1. The van der Waals surface area contributed by atoms with E-state index < -0.39 is 30.2 Å². The van der Waals surface area contributed by atoms with Crippen LogP contribution in [0.15, 0.2) is 54.6 Å². The van der Waals surface area contributed by atoms with Gasteiger partial charge in [-0.2, -0.15) is 0 Å². The summed E-state index contributed by atoms with van der Waals surface area (Å²) in [5.41, 5.74) is 2.84. The van der Waals surface area contributed by atoms with Gasteiger partial charge in [-0.1, -0.05) is 19.1 Å². The van der Waals surface area contributed by atoms with Gasteiger partial charge >= 0.3 is 5.97 Å². The van der Waals surface area contributed by atoms with Crippen LogP contribution in [0.5, 0.6) is 11.5 Å². The number of carboxylic acids is 1. The van der Waals surface area contributed by atoms with Crippen molar-refractivity contribution in [2.45, 2.75) is 52.5 Å². The third-order valence-corrected chi connectivity index (χ3v) is 5.89. The first kappa shape index (κ1) is 26.8. The predicted octanol–water partition coefficient (Wildman–Crippen LogP) is 6.93. The first-order valence-corrected chi connectivity index (χ1v) is 11.6. The molecule has 5 nitrogen and oxygen atoms in total. The van der Waals surface area contributed by atoms with Crippen molar-refractivity contribution in [1.29, 1.82) is 0 Å². The van der Waals surface area contributed by atoms with Crippen molar-refractivity contribution in [3.05, 3.63) is 93.8 Å². The molecule has 0 aliphatic rings. The number of rotatable bonds is 10. The SMILES string of the molecule is CCc1cc(Oc2cc(F)cc(C(C)NC(=O)c3ccc(C(F)F)cc3C)c2)ccc1CCC(=O)O. The van der Waals surface area contributed by atoms with E-state index in [1.165, 1.54) is 30.3 Å². The maximum absolute atomic E-state index is 14.4. The van der Waals surface area contributed by atoms with Crippen LogP contribution in [0.3, 0.4) is 0 Å². The number of alkyl halides is 2. The third kappa shape index (κ3) is 6.87. The lowest BCUT2D eigenvalue weighted by atomic mass is 10.0. The summed E-state index contributed by atoms with van der Waals surface area (Å²) in [7, 11) is 0. The van der Waals surface area contributed by atoms with Crippen LogP contribution in [0.4, 0.5) is 13.2 Å². The number of nitrogens with one attached hydrogen (secondary N) is 1. The summed E-state index contributed by atoms with van der Waals surface area (Å²) in [4.78, 5) is 23.6. The molecule has 3 rings (SSSR count). The van der Waals surface area contributed by atoms with Crippen molar-refractivity contribution in [3.8, 4) is 11.5 Å².